The largest absolute Gasteiger partial charge is 0.507 e. The summed E-state index contributed by atoms with van der Waals surface area (Å²) in [5.41, 5.74) is 2.03. The number of halogens is 2. The molecule has 1 saturated heterocycles. The van der Waals surface area contributed by atoms with Crippen LogP contribution in [0, 0.1) is 6.92 Å². The smallest absolute Gasteiger partial charge is 0.300 e. The van der Waals surface area contributed by atoms with Gasteiger partial charge in [-0.3, -0.25) is 19.5 Å². The Bertz CT molecular complexity index is 1170. The van der Waals surface area contributed by atoms with Crippen LogP contribution in [0.15, 0.2) is 72.4 Å². The van der Waals surface area contributed by atoms with Crippen LogP contribution in [0.5, 0.6) is 0 Å². The first-order valence-electron chi connectivity index (χ1n) is 9.12. The number of aliphatic hydroxyl groups is 1. The third kappa shape index (κ3) is 3.47. The predicted molar refractivity (Wildman–Crippen MR) is 117 cm³/mol. The number of anilines is 1. The van der Waals surface area contributed by atoms with Gasteiger partial charge in [-0.25, -0.2) is 0 Å². The summed E-state index contributed by atoms with van der Waals surface area (Å²) in [6, 6.07) is 15.8. The summed E-state index contributed by atoms with van der Waals surface area (Å²) in [6.07, 6.45) is 1.57. The summed E-state index contributed by atoms with van der Waals surface area (Å²) in [5, 5.41) is 11.9. The maximum Gasteiger partial charge on any atom is 0.300 e. The lowest BCUT2D eigenvalue weighted by Gasteiger charge is -2.26. The van der Waals surface area contributed by atoms with Gasteiger partial charge in [-0.1, -0.05) is 35.3 Å². The Kier molecular flexibility index (Phi) is 5.33. The van der Waals surface area contributed by atoms with Gasteiger partial charge in [0.2, 0.25) is 0 Å². The zero-order valence-electron chi connectivity index (χ0n) is 15.8. The molecule has 1 unspecified atom stereocenters. The fraction of sp³-hybridized carbons (Fsp3) is 0.0870. The molecule has 1 aliphatic rings. The van der Waals surface area contributed by atoms with Crippen LogP contribution < -0.4 is 4.90 Å². The number of benzene rings is 2. The van der Waals surface area contributed by atoms with E-state index < -0.39 is 17.7 Å². The van der Waals surface area contributed by atoms with Gasteiger partial charge in [-0.05, 0) is 61.0 Å². The van der Waals surface area contributed by atoms with Crippen LogP contribution in [-0.4, -0.2) is 21.8 Å². The summed E-state index contributed by atoms with van der Waals surface area (Å²) < 4.78 is 0. The lowest BCUT2D eigenvalue weighted by atomic mass is 9.98. The Morgan fingerprint density at radius 3 is 2.37 bits per heavy atom. The van der Waals surface area contributed by atoms with Crippen LogP contribution in [-0.2, 0) is 9.59 Å². The summed E-state index contributed by atoms with van der Waals surface area (Å²) in [5.74, 6) is -1.84. The molecule has 2 aromatic carbocycles. The fourth-order valence-corrected chi connectivity index (χ4v) is 3.80. The van der Waals surface area contributed by atoms with Gasteiger partial charge in [0.05, 0.1) is 11.3 Å². The number of Topliss-reactive ketones (excluding diaryl/α,β-unsaturated/α-hetero) is 1. The third-order valence-corrected chi connectivity index (χ3v) is 5.45. The predicted octanol–water partition coefficient (Wildman–Crippen LogP) is 5.32. The monoisotopic (exact) mass is 438 g/mol. The van der Waals surface area contributed by atoms with E-state index in [9.17, 15) is 14.7 Å². The number of hydrogen-bond acceptors (Lipinski definition) is 4. The van der Waals surface area contributed by atoms with Gasteiger partial charge in [0.15, 0.2) is 0 Å². The molecule has 2 heterocycles. The lowest BCUT2D eigenvalue weighted by molar-refractivity contribution is -0.132. The number of aliphatic hydroxyl groups excluding tert-OH is 1. The van der Waals surface area contributed by atoms with E-state index in [2.05, 4.69) is 4.98 Å². The Balaban J connectivity index is 1.97. The summed E-state index contributed by atoms with van der Waals surface area (Å²) >= 11 is 12.1. The standard InChI is InChI=1S/C23H16Cl2N2O3/c1-13-5-8-16(25)12-18(13)27-20(17-4-2-3-11-26-17)19(22(29)23(27)30)21(28)14-6-9-15(24)10-7-14/h2-12,20,28H,1H3/b21-19+. The van der Waals surface area contributed by atoms with Gasteiger partial charge in [0.1, 0.15) is 11.8 Å². The molecule has 7 heteroatoms. The van der Waals surface area contributed by atoms with Gasteiger partial charge >= 0.3 is 0 Å². The zero-order valence-corrected chi connectivity index (χ0v) is 17.4. The topological polar surface area (TPSA) is 70.5 Å². The van der Waals surface area contributed by atoms with E-state index >= 15 is 0 Å². The minimum absolute atomic E-state index is 0.0413. The third-order valence-electron chi connectivity index (χ3n) is 4.96. The molecule has 0 bridgehead atoms. The number of carbonyl (C=O) groups is 2. The van der Waals surface area contributed by atoms with E-state index in [0.717, 1.165) is 5.56 Å². The van der Waals surface area contributed by atoms with Crippen molar-refractivity contribution in [3.8, 4) is 0 Å². The Hall–Kier alpha value is -3.15. The molecule has 1 atom stereocenters. The van der Waals surface area contributed by atoms with Crippen LogP contribution in [0.2, 0.25) is 10.0 Å². The molecule has 5 nitrogen and oxygen atoms in total. The minimum Gasteiger partial charge on any atom is -0.507 e. The molecule has 0 spiro atoms. The van der Waals surface area contributed by atoms with Gasteiger partial charge in [0.25, 0.3) is 11.7 Å². The van der Waals surface area contributed by atoms with Gasteiger partial charge < -0.3 is 5.11 Å². The SMILES string of the molecule is Cc1ccc(Cl)cc1N1C(=O)C(=O)/C(=C(/O)c2ccc(Cl)cc2)C1c1ccccn1. The summed E-state index contributed by atoms with van der Waals surface area (Å²) in [4.78, 5) is 31.8. The molecule has 4 rings (SSSR count). The Morgan fingerprint density at radius 2 is 1.70 bits per heavy atom. The minimum atomic E-state index is -0.904. The van der Waals surface area contributed by atoms with E-state index in [4.69, 9.17) is 23.2 Å². The zero-order chi connectivity index (χ0) is 21.4. The van der Waals surface area contributed by atoms with Crippen LogP contribution in [0.3, 0.4) is 0 Å². The van der Waals surface area contributed by atoms with Crippen molar-refractivity contribution in [1.82, 2.24) is 4.98 Å². The van der Waals surface area contributed by atoms with Crippen molar-refractivity contribution >= 4 is 46.3 Å². The van der Waals surface area contributed by atoms with Crippen molar-refractivity contribution in [2.24, 2.45) is 0 Å². The highest BCUT2D eigenvalue weighted by Gasteiger charge is 2.48. The Labute approximate surface area is 183 Å². The quantitative estimate of drug-likeness (QED) is 0.341. The highest BCUT2D eigenvalue weighted by molar-refractivity contribution is 6.52. The van der Waals surface area contributed by atoms with Crippen molar-refractivity contribution in [3.63, 3.8) is 0 Å². The average molecular weight is 439 g/mol. The van der Waals surface area contributed by atoms with Crippen molar-refractivity contribution in [2.75, 3.05) is 4.90 Å². The van der Waals surface area contributed by atoms with Crippen LogP contribution in [0.25, 0.3) is 5.76 Å². The van der Waals surface area contributed by atoms with E-state index in [-0.39, 0.29) is 11.3 Å². The lowest BCUT2D eigenvalue weighted by Crippen LogP contribution is -2.30. The van der Waals surface area contributed by atoms with Crippen molar-refractivity contribution < 1.29 is 14.7 Å². The van der Waals surface area contributed by atoms with E-state index in [0.29, 0.717) is 27.0 Å². The Morgan fingerprint density at radius 1 is 1.00 bits per heavy atom. The van der Waals surface area contributed by atoms with Gasteiger partial charge in [-0.15, -0.1) is 0 Å². The first kappa shape index (κ1) is 20.1. The van der Waals surface area contributed by atoms with Crippen molar-refractivity contribution in [3.05, 3.63) is 99.3 Å². The van der Waals surface area contributed by atoms with Gasteiger partial charge in [0, 0.05) is 27.5 Å². The number of pyridine rings is 1. The number of hydrogen-bond donors (Lipinski definition) is 1. The number of aryl methyl sites for hydroxylation is 1. The first-order valence-corrected chi connectivity index (χ1v) is 9.88. The molecule has 3 aromatic rings. The van der Waals surface area contributed by atoms with Crippen molar-refractivity contribution in [2.45, 2.75) is 13.0 Å². The summed E-state index contributed by atoms with van der Waals surface area (Å²) in [6.45, 7) is 1.82. The second-order valence-corrected chi connectivity index (χ2v) is 7.73. The molecule has 0 saturated carbocycles. The average Bonchev–Trinajstić information content (AvgIpc) is 3.01. The molecule has 1 amide bonds. The fourth-order valence-electron chi connectivity index (χ4n) is 3.50. The van der Waals surface area contributed by atoms with Crippen LogP contribution in [0.4, 0.5) is 5.69 Å². The molecule has 1 fully saturated rings. The molecule has 0 aliphatic carbocycles. The normalized spacial score (nSPS) is 18.1. The summed E-state index contributed by atoms with van der Waals surface area (Å²) in [7, 11) is 0. The van der Waals surface area contributed by atoms with Gasteiger partial charge in [-0.2, -0.15) is 0 Å². The molecular formula is C23H16Cl2N2O3. The van der Waals surface area contributed by atoms with E-state index in [1.165, 1.54) is 4.90 Å². The molecular weight excluding hydrogens is 423 g/mol. The molecule has 30 heavy (non-hydrogen) atoms. The maximum absolute atomic E-state index is 13.1. The van der Waals surface area contributed by atoms with Crippen LogP contribution >= 0.6 is 23.2 Å². The number of rotatable bonds is 3. The second-order valence-electron chi connectivity index (χ2n) is 6.86. The molecule has 1 aromatic heterocycles. The number of carbonyl (C=O) groups excluding carboxylic acids is 2. The maximum atomic E-state index is 13.1. The number of nitrogens with zero attached hydrogens (tertiary/aromatic N) is 2. The highest BCUT2D eigenvalue weighted by atomic mass is 35.5. The van der Waals surface area contributed by atoms with Crippen LogP contribution in [0.1, 0.15) is 22.9 Å². The van der Waals surface area contributed by atoms with Crippen molar-refractivity contribution in [1.29, 1.82) is 0 Å². The second kappa shape index (κ2) is 7.94. The number of aromatic nitrogens is 1. The molecule has 1 N–H and O–H groups in total. The first-order chi connectivity index (χ1) is 14.4. The highest BCUT2D eigenvalue weighted by Crippen LogP contribution is 2.43. The van der Waals surface area contributed by atoms with E-state index in [1.54, 1.807) is 66.9 Å². The molecule has 0 radical (unpaired) electrons. The molecule has 1 aliphatic heterocycles. The van der Waals surface area contributed by atoms with E-state index in [1.807, 2.05) is 6.92 Å². The molecule has 150 valence electrons. The number of amides is 1. The number of ketones is 1.